The van der Waals surface area contributed by atoms with E-state index in [1.165, 1.54) is 70.9 Å². The molecule has 0 saturated heterocycles. The van der Waals surface area contributed by atoms with Gasteiger partial charge in [-0.1, -0.05) is 190 Å². The smallest absolute Gasteiger partial charge is 0.180 e. The third-order valence-corrected chi connectivity index (χ3v) is 16.6. The van der Waals surface area contributed by atoms with Gasteiger partial charge in [0.25, 0.3) is 0 Å². The van der Waals surface area contributed by atoms with Gasteiger partial charge in [-0.2, -0.15) is 0 Å². The summed E-state index contributed by atoms with van der Waals surface area (Å²) in [4.78, 5) is 2.55. The molecule has 252 valence electrons. The van der Waals surface area contributed by atoms with Gasteiger partial charge in [-0.25, -0.2) is 0 Å². The first-order valence-electron chi connectivity index (χ1n) is 18.6. The largest absolute Gasteiger partial charge is 0.309 e. The number of fused-ring (bicyclic) bond motifs is 6. The Hall–Kier alpha value is -6.22. The summed E-state index contributed by atoms with van der Waals surface area (Å²) < 4.78 is 0. The Labute approximate surface area is 313 Å². The molecule has 0 fully saturated rings. The molecule has 1 aliphatic carbocycles. The summed E-state index contributed by atoms with van der Waals surface area (Å²) in [5, 5.41) is 5.69. The van der Waals surface area contributed by atoms with E-state index in [0.29, 0.717) is 0 Å². The summed E-state index contributed by atoms with van der Waals surface area (Å²) in [6.07, 6.45) is 0. The van der Waals surface area contributed by atoms with E-state index >= 15 is 0 Å². The Balaban J connectivity index is 1.30. The lowest BCUT2D eigenvalue weighted by molar-refractivity contribution is 0.660. The highest BCUT2D eigenvalue weighted by Gasteiger charge is 2.49. The van der Waals surface area contributed by atoms with Crippen molar-refractivity contribution in [2.24, 2.45) is 0 Å². The minimum atomic E-state index is -2.69. The van der Waals surface area contributed by atoms with Crippen molar-refractivity contribution in [2.45, 2.75) is 19.3 Å². The molecule has 0 amide bonds. The number of hydrogen-bond acceptors (Lipinski definition) is 1. The normalized spacial score (nSPS) is 14.2. The predicted octanol–water partition coefficient (Wildman–Crippen LogP) is 10.5. The summed E-state index contributed by atoms with van der Waals surface area (Å²) in [5.41, 5.74) is 13.9. The first-order valence-corrected chi connectivity index (χ1v) is 20.6. The summed E-state index contributed by atoms with van der Waals surface area (Å²) in [5.74, 6) is 0. The van der Waals surface area contributed by atoms with Crippen LogP contribution in [0.4, 0.5) is 17.1 Å². The minimum absolute atomic E-state index is 0.125. The van der Waals surface area contributed by atoms with Crippen molar-refractivity contribution < 1.29 is 0 Å². The molecule has 0 spiro atoms. The Morgan fingerprint density at radius 1 is 0.396 bits per heavy atom. The lowest BCUT2D eigenvalue weighted by atomic mass is 9.82. The fourth-order valence-corrected chi connectivity index (χ4v) is 14.6. The molecule has 0 aromatic heterocycles. The number of rotatable bonds is 6. The molecular formula is C51H39NSi. The molecule has 0 N–H and O–H groups in total. The average Bonchev–Trinajstić information content (AvgIpc) is 3.65. The zero-order valence-corrected chi connectivity index (χ0v) is 31.0. The molecule has 53 heavy (non-hydrogen) atoms. The Morgan fingerprint density at radius 2 is 0.925 bits per heavy atom. The molecule has 10 rings (SSSR count). The molecule has 0 atom stereocenters. The van der Waals surface area contributed by atoms with E-state index in [-0.39, 0.29) is 5.41 Å². The van der Waals surface area contributed by atoms with Crippen LogP contribution in [0.5, 0.6) is 0 Å². The molecule has 0 saturated carbocycles. The maximum absolute atomic E-state index is 2.69. The summed E-state index contributed by atoms with van der Waals surface area (Å²) in [6, 6.07) is 74.8. The number of nitrogens with zero attached hydrogens (tertiary/aromatic N) is 1. The number of hydrogen-bond donors (Lipinski definition) is 0. The molecule has 2 aliphatic rings. The van der Waals surface area contributed by atoms with E-state index in [0.717, 1.165) is 11.4 Å². The topological polar surface area (TPSA) is 3.24 Å². The molecule has 2 heteroatoms. The molecule has 1 aliphatic heterocycles. The van der Waals surface area contributed by atoms with Crippen LogP contribution in [0.2, 0.25) is 0 Å². The highest BCUT2D eigenvalue weighted by Crippen LogP contribution is 2.52. The predicted molar refractivity (Wildman–Crippen MR) is 227 cm³/mol. The molecule has 8 aromatic rings. The van der Waals surface area contributed by atoms with Crippen LogP contribution in [-0.4, -0.2) is 8.07 Å². The van der Waals surface area contributed by atoms with Gasteiger partial charge in [-0.15, -0.1) is 0 Å². The van der Waals surface area contributed by atoms with Crippen molar-refractivity contribution in [3.63, 3.8) is 0 Å². The second-order valence-electron chi connectivity index (χ2n) is 14.8. The van der Waals surface area contributed by atoms with Crippen LogP contribution in [0.25, 0.3) is 33.4 Å². The van der Waals surface area contributed by atoms with E-state index < -0.39 is 8.07 Å². The van der Waals surface area contributed by atoms with Crippen LogP contribution in [-0.2, 0) is 5.41 Å². The number of para-hydroxylation sites is 1. The zero-order chi connectivity index (χ0) is 35.6. The van der Waals surface area contributed by atoms with Gasteiger partial charge in [0.15, 0.2) is 8.07 Å². The van der Waals surface area contributed by atoms with Gasteiger partial charge in [0.2, 0.25) is 0 Å². The van der Waals surface area contributed by atoms with Gasteiger partial charge in [0, 0.05) is 22.2 Å². The Bertz CT molecular complexity index is 2600. The highest BCUT2D eigenvalue weighted by molar-refractivity contribution is 7.22. The molecule has 0 bridgehead atoms. The van der Waals surface area contributed by atoms with Crippen molar-refractivity contribution in [1.82, 2.24) is 0 Å². The van der Waals surface area contributed by atoms with E-state index in [1.807, 2.05) is 0 Å². The summed E-state index contributed by atoms with van der Waals surface area (Å²) in [7, 11) is -2.69. The van der Waals surface area contributed by atoms with Crippen molar-refractivity contribution >= 4 is 45.9 Å². The lowest BCUT2D eigenvalue weighted by Crippen LogP contribution is -2.72. The number of benzene rings is 8. The first kappa shape index (κ1) is 31.5. The zero-order valence-electron chi connectivity index (χ0n) is 30.0. The summed E-state index contributed by atoms with van der Waals surface area (Å²) >= 11 is 0. The summed E-state index contributed by atoms with van der Waals surface area (Å²) in [6.45, 7) is 4.75. The lowest BCUT2D eigenvalue weighted by Gasteiger charge is -2.33. The highest BCUT2D eigenvalue weighted by atomic mass is 28.3. The van der Waals surface area contributed by atoms with Gasteiger partial charge in [-0.3, -0.25) is 0 Å². The second kappa shape index (κ2) is 12.2. The molecule has 1 heterocycles. The quantitative estimate of drug-likeness (QED) is 0.157. The molecule has 0 unspecified atom stereocenters. The first-order chi connectivity index (χ1) is 26.1. The van der Waals surface area contributed by atoms with E-state index in [4.69, 9.17) is 0 Å². The molecular weight excluding hydrogens is 655 g/mol. The Morgan fingerprint density at radius 3 is 1.64 bits per heavy atom. The van der Waals surface area contributed by atoms with Crippen molar-refractivity contribution in [3.05, 3.63) is 211 Å². The van der Waals surface area contributed by atoms with Gasteiger partial charge in [-0.05, 0) is 78.4 Å². The maximum atomic E-state index is 2.55. The standard InChI is InChI=1S/C51H39NSi/c1-51(2)44-28-15-12-26-41(44)42-34-33-37(35-45(42)51)52(46-29-16-13-25-40(46)36-19-6-3-7-20-36)47-30-18-32-49-50(47)43-27-14-17-31-48(43)53(49,38-21-8-4-9-22-38)39-23-10-5-11-24-39/h3-35H,1-2H3. The van der Waals surface area contributed by atoms with Gasteiger partial charge >= 0.3 is 0 Å². The second-order valence-corrected chi connectivity index (χ2v) is 18.6. The van der Waals surface area contributed by atoms with Crippen LogP contribution in [0.15, 0.2) is 200 Å². The van der Waals surface area contributed by atoms with Crippen LogP contribution in [0.1, 0.15) is 25.0 Å². The van der Waals surface area contributed by atoms with Crippen molar-refractivity contribution in [3.8, 4) is 33.4 Å². The fourth-order valence-electron chi connectivity index (χ4n) is 9.43. The monoisotopic (exact) mass is 693 g/mol. The average molecular weight is 694 g/mol. The van der Waals surface area contributed by atoms with Gasteiger partial charge < -0.3 is 4.90 Å². The van der Waals surface area contributed by atoms with Crippen LogP contribution >= 0.6 is 0 Å². The third-order valence-electron chi connectivity index (χ3n) is 11.8. The van der Waals surface area contributed by atoms with E-state index in [1.54, 1.807) is 0 Å². The van der Waals surface area contributed by atoms with Gasteiger partial charge in [0.05, 0.1) is 11.4 Å². The molecule has 1 nitrogen and oxygen atoms in total. The van der Waals surface area contributed by atoms with E-state index in [9.17, 15) is 0 Å². The minimum Gasteiger partial charge on any atom is -0.309 e. The maximum Gasteiger partial charge on any atom is 0.180 e. The molecule has 8 aromatic carbocycles. The SMILES string of the molecule is CC1(C)c2ccccc2-c2ccc(N(c3ccccc3-c3ccccc3)c3cccc4c3-c3ccccc3[Si]4(c3ccccc3)c3ccccc3)cc21. The van der Waals surface area contributed by atoms with Gasteiger partial charge in [0.1, 0.15) is 0 Å². The van der Waals surface area contributed by atoms with E-state index in [2.05, 4.69) is 219 Å². The van der Waals surface area contributed by atoms with Crippen LogP contribution in [0.3, 0.4) is 0 Å². The van der Waals surface area contributed by atoms with Crippen LogP contribution < -0.4 is 25.6 Å². The third kappa shape index (κ3) is 4.62. The fraction of sp³-hybridized carbons (Fsp3) is 0.0588. The van der Waals surface area contributed by atoms with Crippen molar-refractivity contribution in [2.75, 3.05) is 4.90 Å². The van der Waals surface area contributed by atoms with Crippen LogP contribution in [0, 0.1) is 0 Å². The molecule has 0 radical (unpaired) electrons. The van der Waals surface area contributed by atoms with Crippen molar-refractivity contribution in [1.29, 1.82) is 0 Å². The Kier molecular flexibility index (Phi) is 7.25. The number of anilines is 3.